The second-order valence-electron chi connectivity index (χ2n) is 3.42. The normalized spacial score (nSPS) is 10.3. The highest BCUT2D eigenvalue weighted by atomic mass is 16.5. The third kappa shape index (κ3) is 1.72. The Hall–Kier alpha value is -2.03. The van der Waals surface area contributed by atoms with Gasteiger partial charge in [-0.2, -0.15) is 0 Å². The average molecular weight is 215 g/mol. The molecule has 2 rings (SSSR count). The molecule has 0 unspecified atom stereocenters. The molecular formula is C13H13NO2. The predicted molar refractivity (Wildman–Crippen MR) is 64.3 cm³/mol. The molecule has 0 bridgehead atoms. The van der Waals surface area contributed by atoms with Crippen LogP contribution in [0.25, 0.3) is 17.0 Å². The Labute approximate surface area is 93.7 Å². The van der Waals surface area contributed by atoms with Crippen LogP contribution >= 0.6 is 0 Å². The molecular weight excluding hydrogens is 202 g/mol. The van der Waals surface area contributed by atoms with Gasteiger partial charge in [0, 0.05) is 5.39 Å². The molecule has 0 saturated heterocycles. The van der Waals surface area contributed by atoms with Crippen molar-refractivity contribution in [3.63, 3.8) is 0 Å². The number of ether oxygens (including phenoxy) is 1. The van der Waals surface area contributed by atoms with E-state index in [9.17, 15) is 4.79 Å². The van der Waals surface area contributed by atoms with E-state index in [1.165, 1.54) is 0 Å². The van der Waals surface area contributed by atoms with E-state index in [4.69, 9.17) is 4.74 Å². The molecule has 0 spiro atoms. The molecule has 0 radical (unpaired) electrons. The Bertz CT molecular complexity index is 540. The second-order valence-corrected chi connectivity index (χ2v) is 3.42. The first-order valence-electron chi connectivity index (χ1n) is 5.17. The minimum Gasteiger partial charge on any atom is -0.461 e. The van der Waals surface area contributed by atoms with Crippen LogP contribution in [0.2, 0.25) is 0 Å². The third-order valence-electron chi connectivity index (χ3n) is 2.40. The topological polar surface area (TPSA) is 42.1 Å². The molecule has 1 aromatic carbocycles. The zero-order chi connectivity index (χ0) is 11.5. The smallest absolute Gasteiger partial charge is 0.354 e. The number of H-pyrrole nitrogens is 1. The molecule has 2 aromatic rings. The first-order chi connectivity index (χ1) is 7.76. The van der Waals surface area contributed by atoms with Crippen LogP contribution in [0.1, 0.15) is 23.0 Å². The van der Waals surface area contributed by atoms with Gasteiger partial charge in [-0.25, -0.2) is 4.79 Å². The Morgan fingerprint density at radius 1 is 1.56 bits per heavy atom. The number of rotatable bonds is 3. The van der Waals surface area contributed by atoms with E-state index in [0.29, 0.717) is 12.3 Å². The van der Waals surface area contributed by atoms with Gasteiger partial charge in [0.05, 0.1) is 12.1 Å². The highest BCUT2D eigenvalue weighted by Crippen LogP contribution is 2.20. The fourth-order valence-corrected chi connectivity index (χ4v) is 1.67. The predicted octanol–water partition coefficient (Wildman–Crippen LogP) is 2.99. The minimum atomic E-state index is -0.325. The second kappa shape index (κ2) is 4.23. The summed E-state index contributed by atoms with van der Waals surface area (Å²) in [4.78, 5) is 14.6. The Morgan fingerprint density at radius 3 is 3.06 bits per heavy atom. The fraction of sp³-hybridized carbons (Fsp3) is 0.154. The van der Waals surface area contributed by atoms with Gasteiger partial charge in [0.15, 0.2) is 0 Å². The summed E-state index contributed by atoms with van der Waals surface area (Å²) in [5, 5.41) is 0.987. The number of esters is 1. The Balaban J connectivity index is 2.51. The van der Waals surface area contributed by atoms with E-state index in [1.807, 2.05) is 18.2 Å². The van der Waals surface area contributed by atoms with Crippen molar-refractivity contribution in [3.8, 4) is 0 Å². The Kier molecular flexibility index (Phi) is 2.77. The van der Waals surface area contributed by atoms with Crippen molar-refractivity contribution < 1.29 is 9.53 Å². The minimum absolute atomic E-state index is 0.325. The van der Waals surface area contributed by atoms with Crippen molar-refractivity contribution in [2.75, 3.05) is 6.61 Å². The third-order valence-corrected chi connectivity index (χ3v) is 2.40. The molecule has 0 aliphatic carbocycles. The van der Waals surface area contributed by atoms with Crippen LogP contribution in [0.15, 0.2) is 30.8 Å². The molecule has 0 aliphatic rings. The lowest BCUT2D eigenvalue weighted by Crippen LogP contribution is -2.04. The van der Waals surface area contributed by atoms with E-state index < -0.39 is 0 Å². The van der Waals surface area contributed by atoms with Crippen LogP contribution in [0.3, 0.4) is 0 Å². The van der Waals surface area contributed by atoms with E-state index >= 15 is 0 Å². The largest absolute Gasteiger partial charge is 0.461 e. The molecule has 3 heteroatoms. The van der Waals surface area contributed by atoms with Crippen LogP contribution in [0.4, 0.5) is 0 Å². The molecule has 0 amide bonds. The van der Waals surface area contributed by atoms with Crippen molar-refractivity contribution in [1.29, 1.82) is 0 Å². The first kappa shape index (κ1) is 10.5. The van der Waals surface area contributed by atoms with Gasteiger partial charge in [-0.15, -0.1) is 0 Å². The van der Waals surface area contributed by atoms with E-state index in [0.717, 1.165) is 16.5 Å². The molecule has 0 aliphatic heterocycles. The lowest BCUT2D eigenvalue weighted by atomic mass is 10.1. The number of aromatic nitrogens is 1. The maximum Gasteiger partial charge on any atom is 0.354 e. The highest BCUT2D eigenvalue weighted by Gasteiger charge is 2.10. The number of benzene rings is 1. The maximum atomic E-state index is 11.5. The monoisotopic (exact) mass is 215 g/mol. The van der Waals surface area contributed by atoms with Crippen molar-refractivity contribution in [2.24, 2.45) is 0 Å². The van der Waals surface area contributed by atoms with Gasteiger partial charge in [-0.05, 0) is 18.6 Å². The maximum absolute atomic E-state index is 11.5. The molecule has 1 heterocycles. The van der Waals surface area contributed by atoms with Crippen LogP contribution < -0.4 is 0 Å². The molecule has 0 atom stereocenters. The van der Waals surface area contributed by atoms with E-state index in [-0.39, 0.29) is 5.97 Å². The molecule has 16 heavy (non-hydrogen) atoms. The zero-order valence-corrected chi connectivity index (χ0v) is 9.12. The SMILES string of the molecule is C=Cc1cccc2cc(C(=O)OCC)[nH]c12. The molecule has 1 aromatic heterocycles. The number of hydrogen-bond acceptors (Lipinski definition) is 2. The van der Waals surface area contributed by atoms with E-state index in [2.05, 4.69) is 11.6 Å². The molecule has 82 valence electrons. The lowest BCUT2D eigenvalue weighted by molar-refractivity contribution is 0.0520. The van der Waals surface area contributed by atoms with Crippen LogP contribution in [-0.4, -0.2) is 17.6 Å². The van der Waals surface area contributed by atoms with Crippen LogP contribution in [0.5, 0.6) is 0 Å². The summed E-state index contributed by atoms with van der Waals surface area (Å²) in [5.74, 6) is -0.325. The summed E-state index contributed by atoms with van der Waals surface area (Å²) in [6.07, 6.45) is 1.76. The van der Waals surface area contributed by atoms with Gasteiger partial charge in [0.25, 0.3) is 0 Å². The highest BCUT2D eigenvalue weighted by molar-refractivity contribution is 5.97. The standard InChI is InChI=1S/C13H13NO2/c1-3-9-6-5-7-10-8-11(14-12(9)10)13(15)16-4-2/h3,5-8,14H,1,4H2,2H3. The van der Waals surface area contributed by atoms with Gasteiger partial charge in [0.1, 0.15) is 5.69 Å². The quantitative estimate of drug-likeness (QED) is 0.800. The Morgan fingerprint density at radius 2 is 2.38 bits per heavy atom. The fourth-order valence-electron chi connectivity index (χ4n) is 1.67. The summed E-state index contributed by atoms with van der Waals surface area (Å²) >= 11 is 0. The van der Waals surface area contributed by atoms with Crippen molar-refractivity contribution in [3.05, 3.63) is 42.1 Å². The number of aromatic amines is 1. The summed E-state index contributed by atoms with van der Waals surface area (Å²) in [6, 6.07) is 7.62. The number of carbonyl (C=O) groups excluding carboxylic acids is 1. The van der Waals surface area contributed by atoms with Crippen molar-refractivity contribution in [1.82, 2.24) is 4.98 Å². The number of carbonyl (C=O) groups is 1. The van der Waals surface area contributed by atoms with Crippen LogP contribution in [0, 0.1) is 0 Å². The molecule has 0 saturated carbocycles. The van der Waals surface area contributed by atoms with E-state index in [1.54, 1.807) is 19.1 Å². The lowest BCUT2D eigenvalue weighted by Gasteiger charge is -1.97. The van der Waals surface area contributed by atoms with Gasteiger partial charge >= 0.3 is 5.97 Å². The summed E-state index contributed by atoms with van der Waals surface area (Å²) in [6.45, 7) is 5.90. The van der Waals surface area contributed by atoms with Gasteiger partial charge < -0.3 is 9.72 Å². The summed E-state index contributed by atoms with van der Waals surface area (Å²) < 4.78 is 4.93. The summed E-state index contributed by atoms with van der Waals surface area (Å²) in [5.41, 5.74) is 2.37. The van der Waals surface area contributed by atoms with Crippen molar-refractivity contribution >= 4 is 22.9 Å². The van der Waals surface area contributed by atoms with Crippen LogP contribution in [-0.2, 0) is 4.74 Å². The number of nitrogens with one attached hydrogen (secondary N) is 1. The number of hydrogen-bond donors (Lipinski definition) is 1. The first-order valence-corrected chi connectivity index (χ1v) is 5.17. The molecule has 1 N–H and O–H groups in total. The summed E-state index contributed by atoms with van der Waals surface area (Å²) in [7, 11) is 0. The average Bonchev–Trinajstić information content (AvgIpc) is 2.72. The van der Waals surface area contributed by atoms with Crippen molar-refractivity contribution in [2.45, 2.75) is 6.92 Å². The number of fused-ring (bicyclic) bond motifs is 1. The van der Waals surface area contributed by atoms with Gasteiger partial charge in [0.2, 0.25) is 0 Å². The van der Waals surface area contributed by atoms with Gasteiger partial charge in [-0.3, -0.25) is 0 Å². The molecule has 0 fully saturated rings. The number of para-hydroxylation sites is 1. The zero-order valence-electron chi connectivity index (χ0n) is 9.12. The van der Waals surface area contributed by atoms with Gasteiger partial charge in [-0.1, -0.05) is 30.9 Å². The molecule has 3 nitrogen and oxygen atoms in total.